The van der Waals surface area contributed by atoms with Crippen molar-refractivity contribution in [2.45, 2.75) is 33.1 Å². The quantitative estimate of drug-likeness (QED) is 0.529. The van der Waals surface area contributed by atoms with Gasteiger partial charge in [-0.3, -0.25) is 0 Å². The van der Waals surface area contributed by atoms with Gasteiger partial charge in [0.05, 0.1) is 0 Å². The standard InChI is InChI=1S/C11H26N2O3S2/c1-3-7-13(8-4-2)18(15,16)12-6-11-17-10-5-9-14/h12,14H,3-11H2,1-2H3. The fourth-order valence-corrected chi connectivity index (χ4v) is 3.76. The third-order valence-electron chi connectivity index (χ3n) is 2.26. The average molecular weight is 298 g/mol. The van der Waals surface area contributed by atoms with Crippen LogP contribution < -0.4 is 4.72 Å². The molecule has 0 aromatic rings. The third kappa shape index (κ3) is 8.31. The first-order valence-electron chi connectivity index (χ1n) is 6.51. The molecular formula is C11H26N2O3S2. The number of hydrogen-bond donors (Lipinski definition) is 2. The summed E-state index contributed by atoms with van der Waals surface area (Å²) < 4.78 is 28.1. The molecule has 0 amide bonds. The molecule has 7 heteroatoms. The normalized spacial score (nSPS) is 12.2. The summed E-state index contributed by atoms with van der Waals surface area (Å²) in [7, 11) is -3.32. The molecule has 0 unspecified atom stereocenters. The Morgan fingerprint density at radius 2 is 1.78 bits per heavy atom. The molecule has 0 radical (unpaired) electrons. The van der Waals surface area contributed by atoms with E-state index in [1.807, 2.05) is 13.8 Å². The zero-order valence-corrected chi connectivity index (χ0v) is 13.0. The van der Waals surface area contributed by atoms with Crippen LogP contribution >= 0.6 is 11.8 Å². The average Bonchev–Trinajstić information content (AvgIpc) is 2.33. The fourth-order valence-electron chi connectivity index (χ4n) is 1.45. The molecule has 0 aliphatic rings. The van der Waals surface area contributed by atoms with Gasteiger partial charge in [-0.25, -0.2) is 4.72 Å². The minimum atomic E-state index is -3.32. The smallest absolute Gasteiger partial charge is 0.279 e. The Labute approximate surface area is 116 Å². The van der Waals surface area contributed by atoms with Gasteiger partial charge in [-0.15, -0.1) is 0 Å². The summed E-state index contributed by atoms with van der Waals surface area (Å²) in [5.41, 5.74) is 0. The molecule has 0 heterocycles. The second-order valence-corrected chi connectivity index (χ2v) is 6.97. The zero-order chi connectivity index (χ0) is 13.9. The molecule has 0 aromatic heterocycles. The highest BCUT2D eigenvalue weighted by Gasteiger charge is 2.18. The minimum Gasteiger partial charge on any atom is -0.396 e. The van der Waals surface area contributed by atoms with E-state index in [2.05, 4.69) is 4.72 Å². The van der Waals surface area contributed by atoms with Crippen molar-refractivity contribution in [3.8, 4) is 0 Å². The number of hydrogen-bond acceptors (Lipinski definition) is 4. The van der Waals surface area contributed by atoms with Crippen molar-refractivity contribution >= 4 is 22.0 Å². The van der Waals surface area contributed by atoms with E-state index in [-0.39, 0.29) is 6.61 Å². The van der Waals surface area contributed by atoms with Crippen LogP contribution in [0.1, 0.15) is 33.1 Å². The lowest BCUT2D eigenvalue weighted by molar-refractivity contribution is 0.296. The van der Waals surface area contributed by atoms with Gasteiger partial charge < -0.3 is 5.11 Å². The van der Waals surface area contributed by atoms with Crippen LogP contribution in [0.15, 0.2) is 0 Å². The zero-order valence-electron chi connectivity index (χ0n) is 11.4. The van der Waals surface area contributed by atoms with Gasteiger partial charge in [0.1, 0.15) is 0 Å². The summed E-state index contributed by atoms with van der Waals surface area (Å²) >= 11 is 1.65. The van der Waals surface area contributed by atoms with Gasteiger partial charge in [0.15, 0.2) is 0 Å². The summed E-state index contributed by atoms with van der Waals surface area (Å²) in [4.78, 5) is 0. The minimum absolute atomic E-state index is 0.194. The third-order valence-corrected chi connectivity index (χ3v) is 4.95. The van der Waals surface area contributed by atoms with Gasteiger partial charge in [0.25, 0.3) is 10.2 Å². The number of nitrogens with zero attached hydrogens (tertiary/aromatic N) is 1. The van der Waals surface area contributed by atoms with Crippen LogP contribution in [0.4, 0.5) is 0 Å². The summed E-state index contributed by atoms with van der Waals surface area (Å²) in [6.45, 7) is 5.73. The predicted octanol–water partition coefficient (Wildman–Crippen LogP) is 1.06. The molecule has 2 N–H and O–H groups in total. The SMILES string of the molecule is CCCN(CCC)S(=O)(=O)NCCSCCCO. The summed E-state index contributed by atoms with van der Waals surface area (Å²) in [5.74, 6) is 1.61. The second kappa shape index (κ2) is 11.0. The van der Waals surface area contributed by atoms with Gasteiger partial charge in [-0.2, -0.15) is 24.5 Å². The van der Waals surface area contributed by atoms with Crippen LogP contribution in [0.25, 0.3) is 0 Å². The Morgan fingerprint density at radius 1 is 1.17 bits per heavy atom. The van der Waals surface area contributed by atoms with Crippen LogP contribution in [-0.4, -0.2) is 55.6 Å². The van der Waals surface area contributed by atoms with Crippen molar-refractivity contribution in [2.24, 2.45) is 0 Å². The van der Waals surface area contributed by atoms with Crippen molar-refractivity contribution < 1.29 is 13.5 Å². The first-order valence-corrected chi connectivity index (χ1v) is 9.11. The number of thioether (sulfide) groups is 1. The van der Waals surface area contributed by atoms with Crippen molar-refractivity contribution in [3.63, 3.8) is 0 Å². The molecule has 0 aliphatic carbocycles. The largest absolute Gasteiger partial charge is 0.396 e. The highest BCUT2D eigenvalue weighted by molar-refractivity contribution is 7.99. The summed E-state index contributed by atoms with van der Waals surface area (Å²) in [6.07, 6.45) is 2.41. The van der Waals surface area contributed by atoms with Crippen LogP contribution in [0, 0.1) is 0 Å². The lowest BCUT2D eigenvalue weighted by atomic mass is 10.4. The number of rotatable bonds is 12. The highest BCUT2D eigenvalue weighted by atomic mass is 32.2. The molecule has 5 nitrogen and oxygen atoms in total. The molecule has 0 spiro atoms. The van der Waals surface area contributed by atoms with Crippen molar-refractivity contribution in [3.05, 3.63) is 0 Å². The lowest BCUT2D eigenvalue weighted by Crippen LogP contribution is -2.42. The van der Waals surface area contributed by atoms with Crippen molar-refractivity contribution in [2.75, 3.05) is 37.7 Å². The molecule has 0 bridgehead atoms. The van der Waals surface area contributed by atoms with Gasteiger partial charge in [-0.05, 0) is 25.0 Å². The van der Waals surface area contributed by atoms with E-state index >= 15 is 0 Å². The Bertz CT molecular complexity index is 278. The Hall–Kier alpha value is 0.180. The monoisotopic (exact) mass is 298 g/mol. The molecule has 0 rings (SSSR count). The van der Waals surface area contributed by atoms with E-state index in [1.165, 1.54) is 4.31 Å². The summed E-state index contributed by atoms with van der Waals surface area (Å²) in [5, 5.41) is 8.61. The molecule has 18 heavy (non-hydrogen) atoms. The van der Waals surface area contributed by atoms with Gasteiger partial charge in [0, 0.05) is 32.0 Å². The van der Waals surface area contributed by atoms with Crippen LogP contribution in [0.3, 0.4) is 0 Å². The van der Waals surface area contributed by atoms with Crippen molar-refractivity contribution in [1.82, 2.24) is 9.03 Å². The molecular weight excluding hydrogens is 272 g/mol. The van der Waals surface area contributed by atoms with Gasteiger partial charge in [0.2, 0.25) is 0 Å². The Balaban J connectivity index is 3.95. The second-order valence-electron chi connectivity index (χ2n) is 3.99. The molecule has 0 aliphatic heterocycles. The maximum atomic E-state index is 12.0. The first-order chi connectivity index (χ1) is 8.58. The van der Waals surface area contributed by atoms with E-state index in [4.69, 9.17) is 5.11 Å². The van der Waals surface area contributed by atoms with E-state index < -0.39 is 10.2 Å². The Morgan fingerprint density at radius 3 is 2.28 bits per heavy atom. The molecule has 0 fully saturated rings. The van der Waals surface area contributed by atoms with Crippen LogP contribution in [0.5, 0.6) is 0 Å². The van der Waals surface area contributed by atoms with Crippen LogP contribution in [0.2, 0.25) is 0 Å². The van der Waals surface area contributed by atoms with E-state index in [1.54, 1.807) is 11.8 Å². The van der Waals surface area contributed by atoms with E-state index in [0.29, 0.717) is 19.6 Å². The molecule has 110 valence electrons. The molecule has 0 aromatic carbocycles. The first kappa shape index (κ1) is 18.2. The molecule has 0 atom stereocenters. The maximum Gasteiger partial charge on any atom is 0.279 e. The molecule has 0 saturated carbocycles. The lowest BCUT2D eigenvalue weighted by Gasteiger charge is -2.21. The highest BCUT2D eigenvalue weighted by Crippen LogP contribution is 2.03. The fraction of sp³-hybridized carbons (Fsp3) is 1.00. The van der Waals surface area contributed by atoms with E-state index in [9.17, 15) is 8.42 Å². The predicted molar refractivity (Wildman–Crippen MR) is 78.1 cm³/mol. The topological polar surface area (TPSA) is 69.6 Å². The maximum absolute atomic E-state index is 12.0. The molecule has 0 saturated heterocycles. The Kier molecular flexibility index (Phi) is 11.2. The van der Waals surface area contributed by atoms with Gasteiger partial charge in [-0.1, -0.05) is 13.8 Å². The number of nitrogens with one attached hydrogen (secondary N) is 1. The summed E-state index contributed by atoms with van der Waals surface area (Å²) in [6, 6.07) is 0. The van der Waals surface area contributed by atoms with Gasteiger partial charge >= 0.3 is 0 Å². The van der Waals surface area contributed by atoms with E-state index in [0.717, 1.165) is 30.8 Å². The van der Waals surface area contributed by atoms with Crippen LogP contribution in [-0.2, 0) is 10.2 Å². The number of aliphatic hydroxyl groups excluding tert-OH is 1. The van der Waals surface area contributed by atoms with Crippen molar-refractivity contribution in [1.29, 1.82) is 0 Å². The number of aliphatic hydroxyl groups is 1.